The van der Waals surface area contributed by atoms with Gasteiger partial charge in [-0.2, -0.15) is 0 Å². The van der Waals surface area contributed by atoms with Crippen LogP contribution >= 0.6 is 0 Å². The van der Waals surface area contributed by atoms with Gasteiger partial charge in [0.15, 0.2) is 5.69 Å². The monoisotopic (exact) mass is 376 g/mol. The molecule has 2 aromatic heterocycles. The van der Waals surface area contributed by atoms with E-state index < -0.39 is 0 Å². The van der Waals surface area contributed by atoms with Crippen molar-refractivity contribution < 1.29 is 9.59 Å². The lowest BCUT2D eigenvalue weighted by Crippen LogP contribution is -2.41. The number of imidazole rings is 1. The molecule has 0 bridgehead atoms. The molecule has 6 heteroatoms. The summed E-state index contributed by atoms with van der Waals surface area (Å²) in [6, 6.07) is 13.7. The molecule has 0 saturated carbocycles. The van der Waals surface area contributed by atoms with Gasteiger partial charge in [-0.05, 0) is 50.5 Å². The molecule has 2 amide bonds. The highest BCUT2D eigenvalue weighted by Crippen LogP contribution is 2.22. The van der Waals surface area contributed by atoms with Crippen molar-refractivity contribution >= 4 is 17.3 Å². The first-order valence-corrected chi connectivity index (χ1v) is 9.49. The van der Waals surface area contributed by atoms with Gasteiger partial charge in [0.05, 0.1) is 5.52 Å². The average molecular weight is 376 g/mol. The fraction of sp³-hybridized carbons (Fsp3) is 0.318. The van der Waals surface area contributed by atoms with E-state index in [1.807, 2.05) is 51.1 Å². The predicted molar refractivity (Wildman–Crippen MR) is 107 cm³/mol. The van der Waals surface area contributed by atoms with E-state index in [-0.39, 0.29) is 28.9 Å². The second-order valence-electron chi connectivity index (χ2n) is 8.19. The van der Waals surface area contributed by atoms with Gasteiger partial charge in [0.2, 0.25) is 5.82 Å². The maximum atomic E-state index is 13.3. The number of aromatic nitrogens is 2. The fourth-order valence-corrected chi connectivity index (χ4v) is 3.57. The van der Waals surface area contributed by atoms with Gasteiger partial charge in [-0.3, -0.25) is 14.0 Å². The minimum absolute atomic E-state index is 0.162. The summed E-state index contributed by atoms with van der Waals surface area (Å²) >= 11 is 0. The number of carbonyl (C=O) groups is 2. The van der Waals surface area contributed by atoms with Gasteiger partial charge < -0.3 is 10.2 Å². The maximum Gasteiger partial charge on any atom is 0.290 e. The summed E-state index contributed by atoms with van der Waals surface area (Å²) in [6.45, 7) is 6.95. The molecule has 1 aliphatic rings. The number of nitrogens with zero attached hydrogens (tertiary/aromatic N) is 3. The lowest BCUT2D eigenvalue weighted by Gasteiger charge is -2.28. The topological polar surface area (TPSA) is 66.7 Å². The molecule has 1 aliphatic heterocycles. The summed E-state index contributed by atoms with van der Waals surface area (Å²) in [5, 5.41) is 2.93. The van der Waals surface area contributed by atoms with Crippen molar-refractivity contribution in [1.82, 2.24) is 19.6 Å². The minimum atomic E-state index is -0.386. The molecule has 3 heterocycles. The Morgan fingerprint density at radius 3 is 2.50 bits per heavy atom. The van der Waals surface area contributed by atoms with Gasteiger partial charge in [-0.1, -0.05) is 30.3 Å². The van der Waals surface area contributed by atoms with Crippen molar-refractivity contribution in [1.29, 1.82) is 0 Å². The summed E-state index contributed by atoms with van der Waals surface area (Å²) in [5.41, 5.74) is 2.96. The second-order valence-corrected chi connectivity index (χ2v) is 8.19. The normalized spacial score (nSPS) is 14.0. The number of hydrogen-bond acceptors (Lipinski definition) is 3. The highest BCUT2D eigenvalue weighted by atomic mass is 16.2. The van der Waals surface area contributed by atoms with E-state index in [2.05, 4.69) is 22.4 Å². The first kappa shape index (κ1) is 18.2. The highest BCUT2D eigenvalue weighted by molar-refractivity contribution is 6.02. The standard InChI is InChI=1S/C22H24N4O2/c1-22(2,3)24-20(27)18-17-10-6-7-12-26(17)19(23-18)21(28)25-13-11-15-8-4-5-9-16(15)14-25/h4-10,12H,11,13-14H2,1-3H3,(H,24,27). The number of benzene rings is 1. The third-order valence-corrected chi connectivity index (χ3v) is 4.86. The van der Waals surface area contributed by atoms with Crippen LogP contribution in [0.3, 0.4) is 0 Å². The van der Waals surface area contributed by atoms with Crippen LogP contribution in [0.4, 0.5) is 0 Å². The van der Waals surface area contributed by atoms with E-state index in [0.717, 1.165) is 12.0 Å². The zero-order valence-corrected chi connectivity index (χ0v) is 16.4. The molecule has 3 aromatic rings. The van der Waals surface area contributed by atoms with E-state index >= 15 is 0 Å². The fourth-order valence-electron chi connectivity index (χ4n) is 3.57. The van der Waals surface area contributed by atoms with Crippen LogP contribution in [-0.4, -0.2) is 38.2 Å². The third-order valence-electron chi connectivity index (χ3n) is 4.86. The second kappa shape index (κ2) is 6.78. The Morgan fingerprint density at radius 2 is 1.75 bits per heavy atom. The molecule has 0 radical (unpaired) electrons. The van der Waals surface area contributed by atoms with Crippen LogP contribution in [0.15, 0.2) is 48.7 Å². The molecular formula is C22H24N4O2. The molecule has 144 valence electrons. The minimum Gasteiger partial charge on any atom is -0.346 e. The van der Waals surface area contributed by atoms with Crippen molar-refractivity contribution in [2.75, 3.05) is 6.54 Å². The molecule has 4 rings (SSSR count). The summed E-state index contributed by atoms with van der Waals surface area (Å²) in [4.78, 5) is 32.3. The van der Waals surface area contributed by atoms with Crippen LogP contribution < -0.4 is 5.32 Å². The Hall–Kier alpha value is -3.15. The number of nitrogens with one attached hydrogen (secondary N) is 1. The van der Waals surface area contributed by atoms with E-state index in [4.69, 9.17) is 0 Å². The van der Waals surface area contributed by atoms with E-state index in [9.17, 15) is 9.59 Å². The van der Waals surface area contributed by atoms with Crippen LogP contribution in [0.1, 0.15) is 53.0 Å². The van der Waals surface area contributed by atoms with Crippen LogP contribution in [0.2, 0.25) is 0 Å². The Labute approximate surface area is 164 Å². The van der Waals surface area contributed by atoms with Gasteiger partial charge in [-0.25, -0.2) is 4.98 Å². The molecular weight excluding hydrogens is 352 g/mol. The van der Waals surface area contributed by atoms with E-state index in [1.54, 1.807) is 15.5 Å². The summed E-state index contributed by atoms with van der Waals surface area (Å²) < 4.78 is 1.71. The average Bonchev–Trinajstić information content (AvgIpc) is 3.05. The summed E-state index contributed by atoms with van der Waals surface area (Å²) in [7, 11) is 0. The molecule has 0 unspecified atom stereocenters. The summed E-state index contributed by atoms with van der Waals surface area (Å²) in [6.07, 6.45) is 2.60. The zero-order valence-electron chi connectivity index (χ0n) is 16.4. The quantitative estimate of drug-likeness (QED) is 0.747. The molecule has 0 fully saturated rings. The first-order chi connectivity index (χ1) is 13.3. The lowest BCUT2D eigenvalue weighted by atomic mass is 10.00. The molecule has 0 atom stereocenters. The largest absolute Gasteiger partial charge is 0.346 e. The van der Waals surface area contributed by atoms with Crippen LogP contribution in [0.25, 0.3) is 5.52 Å². The predicted octanol–water partition coefficient (Wildman–Crippen LogP) is 3.06. The molecule has 1 N–H and O–H groups in total. The van der Waals surface area contributed by atoms with Crippen molar-refractivity contribution in [3.63, 3.8) is 0 Å². The van der Waals surface area contributed by atoms with Crippen molar-refractivity contribution in [3.05, 3.63) is 71.3 Å². The number of rotatable bonds is 2. The van der Waals surface area contributed by atoms with Crippen LogP contribution in [0.5, 0.6) is 0 Å². The van der Waals surface area contributed by atoms with Gasteiger partial charge in [0.25, 0.3) is 11.8 Å². The Bertz CT molecular complexity index is 1060. The molecule has 0 spiro atoms. The SMILES string of the molecule is CC(C)(C)NC(=O)c1nc(C(=O)N2CCc3ccccc3C2)n2ccccc12. The zero-order chi connectivity index (χ0) is 19.9. The summed E-state index contributed by atoms with van der Waals surface area (Å²) in [5.74, 6) is -0.168. The first-order valence-electron chi connectivity index (χ1n) is 9.49. The molecule has 0 saturated heterocycles. The number of amides is 2. The van der Waals surface area contributed by atoms with Gasteiger partial charge in [0.1, 0.15) is 0 Å². The van der Waals surface area contributed by atoms with Crippen LogP contribution in [-0.2, 0) is 13.0 Å². The maximum absolute atomic E-state index is 13.3. The van der Waals surface area contributed by atoms with E-state index in [1.165, 1.54) is 5.56 Å². The smallest absolute Gasteiger partial charge is 0.290 e. The van der Waals surface area contributed by atoms with Gasteiger partial charge in [-0.15, -0.1) is 0 Å². The van der Waals surface area contributed by atoms with E-state index in [0.29, 0.717) is 18.6 Å². The van der Waals surface area contributed by atoms with Gasteiger partial charge >= 0.3 is 0 Å². The van der Waals surface area contributed by atoms with Crippen molar-refractivity contribution in [2.45, 2.75) is 39.3 Å². The lowest BCUT2D eigenvalue weighted by molar-refractivity contribution is 0.0721. The highest BCUT2D eigenvalue weighted by Gasteiger charge is 2.28. The molecule has 1 aromatic carbocycles. The van der Waals surface area contributed by atoms with Crippen molar-refractivity contribution in [3.8, 4) is 0 Å². The van der Waals surface area contributed by atoms with Gasteiger partial charge in [0, 0.05) is 24.8 Å². The number of fused-ring (bicyclic) bond motifs is 2. The molecule has 0 aliphatic carbocycles. The Morgan fingerprint density at radius 1 is 1.04 bits per heavy atom. The number of hydrogen-bond donors (Lipinski definition) is 1. The number of carbonyl (C=O) groups excluding carboxylic acids is 2. The third kappa shape index (κ3) is 3.38. The molecule has 28 heavy (non-hydrogen) atoms. The molecule has 6 nitrogen and oxygen atoms in total. The Balaban J connectivity index is 1.69. The van der Waals surface area contributed by atoms with Crippen molar-refractivity contribution in [2.24, 2.45) is 0 Å². The Kier molecular flexibility index (Phi) is 4.41. The number of pyridine rings is 1. The van der Waals surface area contributed by atoms with Crippen LogP contribution in [0, 0.1) is 0 Å².